The highest BCUT2D eigenvalue weighted by Gasteiger charge is 2.22. The van der Waals surface area contributed by atoms with Crippen LogP contribution in [-0.4, -0.2) is 18.2 Å². The summed E-state index contributed by atoms with van der Waals surface area (Å²) < 4.78 is 28.9. The number of anilines is 1. The SMILES string of the molecule is Cn1nc(C(C)(C)C)cc1NS(=O)(=O)c1cc(Cl)cc(Cl)c1. The van der Waals surface area contributed by atoms with Gasteiger partial charge in [-0.05, 0) is 18.2 Å². The zero-order chi connectivity index (χ0) is 16.7. The van der Waals surface area contributed by atoms with E-state index in [-0.39, 0.29) is 20.4 Å². The van der Waals surface area contributed by atoms with Crippen molar-refractivity contribution in [1.82, 2.24) is 9.78 Å². The molecule has 0 bridgehead atoms. The van der Waals surface area contributed by atoms with Crippen molar-refractivity contribution in [3.8, 4) is 0 Å². The van der Waals surface area contributed by atoms with E-state index in [1.807, 2.05) is 20.8 Å². The molecule has 0 saturated heterocycles. The molecule has 0 saturated carbocycles. The second-order valence-corrected chi connectivity index (χ2v) is 8.55. The van der Waals surface area contributed by atoms with Crippen LogP contribution in [0.2, 0.25) is 10.0 Å². The first-order valence-electron chi connectivity index (χ1n) is 6.52. The maximum atomic E-state index is 12.4. The lowest BCUT2D eigenvalue weighted by Crippen LogP contribution is -2.15. The number of benzene rings is 1. The molecule has 0 aliphatic heterocycles. The maximum absolute atomic E-state index is 12.4. The Morgan fingerprint density at radius 3 is 2.09 bits per heavy atom. The van der Waals surface area contributed by atoms with Gasteiger partial charge in [0, 0.05) is 28.6 Å². The van der Waals surface area contributed by atoms with Crippen molar-refractivity contribution in [1.29, 1.82) is 0 Å². The van der Waals surface area contributed by atoms with Gasteiger partial charge < -0.3 is 0 Å². The van der Waals surface area contributed by atoms with E-state index in [0.29, 0.717) is 5.82 Å². The standard InChI is InChI=1S/C14H17Cl2N3O2S/c1-14(2,3)12-8-13(19(4)17-12)18-22(20,21)11-6-9(15)5-10(16)7-11/h5-8,18H,1-4H3. The largest absolute Gasteiger partial charge is 0.264 e. The highest BCUT2D eigenvalue weighted by atomic mass is 35.5. The zero-order valence-corrected chi connectivity index (χ0v) is 15.0. The summed E-state index contributed by atoms with van der Waals surface area (Å²) in [4.78, 5) is 0.00325. The fourth-order valence-electron chi connectivity index (χ4n) is 1.81. The van der Waals surface area contributed by atoms with Crippen LogP contribution in [0.25, 0.3) is 0 Å². The first-order valence-corrected chi connectivity index (χ1v) is 8.76. The van der Waals surface area contributed by atoms with E-state index in [4.69, 9.17) is 23.2 Å². The third-order valence-corrected chi connectivity index (χ3v) is 4.80. The molecule has 0 atom stereocenters. The van der Waals surface area contributed by atoms with Gasteiger partial charge in [0.05, 0.1) is 10.6 Å². The Morgan fingerprint density at radius 2 is 1.64 bits per heavy atom. The van der Waals surface area contributed by atoms with Gasteiger partial charge in [-0.25, -0.2) is 8.42 Å². The molecule has 1 N–H and O–H groups in total. The molecule has 0 aliphatic carbocycles. The van der Waals surface area contributed by atoms with Gasteiger partial charge in [0.15, 0.2) is 0 Å². The predicted molar refractivity (Wildman–Crippen MR) is 89.2 cm³/mol. The Balaban J connectivity index is 2.39. The minimum absolute atomic E-state index is 0.00325. The quantitative estimate of drug-likeness (QED) is 0.903. The molecule has 1 heterocycles. The summed E-state index contributed by atoms with van der Waals surface area (Å²) in [7, 11) is -2.11. The van der Waals surface area contributed by atoms with E-state index < -0.39 is 10.0 Å². The Hall–Kier alpha value is -1.24. The minimum Gasteiger partial charge on any atom is -0.264 e. The molecular formula is C14H17Cl2N3O2S. The normalized spacial score (nSPS) is 12.5. The molecule has 5 nitrogen and oxygen atoms in total. The van der Waals surface area contributed by atoms with Crippen molar-refractivity contribution in [2.45, 2.75) is 31.1 Å². The van der Waals surface area contributed by atoms with Gasteiger partial charge in [0.1, 0.15) is 5.82 Å². The van der Waals surface area contributed by atoms with E-state index in [2.05, 4.69) is 9.82 Å². The summed E-state index contributed by atoms with van der Waals surface area (Å²) in [6, 6.07) is 5.88. The van der Waals surface area contributed by atoms with E-state index in [1.54, 1.807) is 13.1 Å². The number of aryl methyl sites for hydroxylation is 1. The van der Waals surface area contributed by atoms with E-state index in [0.717, 1.165) is 5.69 Å². The van der Waals surface area contributed by atoms with Gasteiger partial charge in [-0.2, -0.15) is 5.10 Å². The summed E-state index contributed by atoms with van der Waals surface area (Å²) in [5, 5.41) is 4.85. The first-order chi connectivity index (χ1) is 9.99. The topological polar surface area (TPSA) is 64.0 Å². The Bertz CT molecular complexity index is 788. The van der Waals surface area contributed by atoms with Crippen LogP contribution in [-0.2, 0) is 22.5 Å². The van der Waals surface area contributed by atoms with E-state index >= 15 is 0 Å². The molecule has 120 valence electrons. The highest BCUT2D eigenvalue weighted by Crippen LogP contribution is 2.27. The number of aromatic nitrogens is 2. The molecule has 1 aromatic heterocycles. The monoisotopic (exact) mass is 361 g/mol. The predicted octanol–water partition coefficient (Wildman–Crippen LogP) is 3.83. The molecule has 0 spiro atoms. The molecule has 1 aromatic carbocycles. The average molecular weight is 362 g/mol. The summed E-state index contributed by atoms with van der Waals surface area (Å²) >= 11 is 11.7. The lowest BCUT2D eigenvalue weighted by molar-refractivity contribution is 0.553. The van der Waals surface area contributed by atoms with Crippen molar-refractivity contribution in [3.63, 3.8) is 0 Å². The van der Waals surface area contributed by atoms with Crippen LogP contribution in [0.4, 0.5) is 5.82 Å². The first kappa shape index (κ1) is 17.1. The molecule has 2 aromatic rings. The minimum atomic E-state index is -3.79. The van der Waals surface area contributed by atoms with Gasteiger partial charge in [-0.1, -0.05) is 44.0 Å². The molecular weight excluding hydrogens is 345 g/mol. The van der Waals surface area contributed by atoms with Gasteiger partial charge in [0.2, 0.25) is 0 Å². The molecule has 0 fully saturated rings. The number of sulfonamides is 1. The van der Waals surface area contributed by atoms with Crippen molar-refractivity contribution in [3.05, 3.63) is 40.0 Å². The molecule has 0 unspecified atom stereocenters. The van der Waals surface area contributed by atoms with Crippen molar-refractivity contribution in [2.24, 2.45) is 7.05 Å². The van der Waals surface area contributed by atoms with Crippen LogP contribution in [0, 0.1) is 0 Å². The number of hydrogen-bond acceptors (Lipinski definition) is 3. The second kappa shape index (κ2) is 5.76. The fourth-order valence-corrected chi connectivity index (χ4v) is 3.61. The lowest BCUT2D eigenvalue weighted by atomic mass is 9.92. The number of rotatable bonds is 3. The fraction of sp³-hybridized carbons (Fsp3) is 0.357. The van der Waals surface area contributed by atoms with Crippen LogP contribution < -0.4 is 4.72 Å². The van der Waals surface area contributed by atoms with Gasteiger partial charge in [-0.15, -0.1) is 0 Å². The molecule has 0 amide bonds. The van der Waals surface area contributed by atoms with Crippen LogP contribution in [0.3, 0.4) is 0 Å². The van der Waals surface area contributed by atoms with Crippen molar-refractivity contribution >= 4 is 39.0 Å². The average Bonchev–Trinajstić information content (AvgIpc) is 2.69. The number of nitrogens with one attached hydrogen (secondary N) is 1. The third kappa shape index (κ3) is 3.74. The number of nitrogens with zero attached hydrogens (tertiary/aromatic N) is 2. The molecule has 0 aliphatic rings. The number of halogens is 2. The van der Waals surface area contributed by atoms with Gasteiger partial charge >= 0.3 is 0 Å². The van der Waals surface area contributed by atoms with Gasteiger partial charge in [-0.3, -0.25) is 9.40 Å². The Kier molecular flexibility index (Phi) is 4.48. The molecule has 8 heteroatoms. The summed E-state index contributed by atoms with van der Waals surface area (Å²) in [6.07, 6.45) is 0. The van der Waals surface area contributed by atoms with Crippen molar-refractivity contribution < 1.29 is 8.42 Å². The Labute approximate surface area is 140 Å². The maximum Gasteiger partial charge on any atom is 0.263 e. The number of hydrogen-bond donors (Lipinski definition) is 1. The summed E-state index contributed by atoms with van der Waals surface area (Å²) in [5.41, 5.74) is 0.609. The van der Waals surface area contributed by atoms with E-state index in [1.165, 1.54) is 22.9 Å². The van der Waals surface area contributed by atoms with Crippen LogP contribution in [0.15, 0.2) is 29.2 Å². The van der Waals surface area contributed by atoms with Crippen LogP contribution in [0.1, 0.15) is 26.5 Å². The summed E-state index contributed by atoms with van der Waals surface area (Å²) in [6.45, 7) is 6.01. The smallest absolute Gasteiger partial charge is 0.263 e. The van der Waals surface area contributed by atoms with Gasteiger partial charge in [0.25, 0.3) is 10.0 Å². The summed E-state index contributed by atoms with van der Waals surface area (Å²) in [5.74, 6) is 0.376. The van der Waals surface area contributed by atoms with Crippen LogP contribution in [0.5, 0.6) is 0 Å². The molecule has 0 radical (unpaired) electrons. The van der Waals surface area contributed by atoms with E-state index in [9.17, 15) is 8.42 Å². The lowest BCUT2D eigenvalue weighted by Gasteiger charge is -2.13. The second-order valence-electron chi connectivity index (χ2n) is 6.00. The molecule has 22 heavy (non-hydrogen) atoms. The third-order valence-electron chi connectivity index (χ3n) is 3.03. The van der Waals surface area contributed by atoms with Crippen LogP contribution >= 0.6 is 23.2 Å². The Morgan fingerprint density at radius 1 is 1.09 bits per heavy atom. The zero-order valence-electron chi connectivity index (χ0n) is 12.7. The van der Waals surface area contributed by atoms with Crippen molar-refractivity contribution in [2.75, 3.05) is 4.72 Å². The molecule has 2 rings (SSSR count). The highest BCUT2D eigenvalue weighted by molar-refractivity contribution is 7.92.